The van der Waals surface area contributed by atoms with Gasteiger partial charge in [0.15, 0.2) is 0 Å². The molecule has 1 atom stereocenters. The summed E-state index contributed by atoms with van der Waals surface area (Å²) >= 11 is 0. The number of carbonyl (C=O) groups excluding carboxylic acids is 2. The number of nitrogen functional groups attached to an aromatic ring is 1. The number of phenols is 1. The average Bonchev–Trinajstić information content (AvgIpc) is 2.76. The number of hydrogen-bond acceptors (Lipinski definition) is 7. The minimum absolute atomic E-state index is 0.0198. The number of nitrogens with two attached hydrogens (primary N) is 1. The lowest BCUT2D eigenvalue weighted by atomic mass is 10.0. The van der Waals surface area contributed by atoms with Crippen LogP contribution < -0.4 is 15.8 Å². The highest BCUT2D eigenvalue weighted by atomic mass is 16.5. The van der Waals surface area contributed by atoms with Crippen LogP contribution in [0.25, 0.3) is 10.9 Å². The Kier molecular flexibility index (Phi) is 7.37. The SMILES string of the molecule is CCOC(=O)c1c(C)nc2cccc(OC[C@@H](NC(=O)c3cccc(O)c3)C(C)C)c2c1N. The summed E-state index contributed by atoms with van der Waals surface area (Å²) in [5, 5.41) is 13.1. The minimum Gasteiger partial charge on any atom is -0.508 e. The molecule has 0 aliphatic carbocycles. The summed E-state index contributed by atoms with van der Waals surface area (Å²) in [6.07, 6.45) is 0. The second-order valence-electron chi connectivity index (χ2n) is 8.04. The third-order valence-electron chi connectivity index (χ3n) is 5.32. The van der Waals surface area contributed by atoms with Gasteiger partial charge >= 0.3 is 5.97 Å². The number of rotatable bonds is 8. The van der Waals surface area contributed by atoms with Gasteiger partial charge in [-0.25, -0.2) is 4.79 Å². The lowest BCUT2D eigenvalue weighted by molar-refractivity contribution is 0.0526. The number of aryl methyl sites for hydroxylation is 1. The van der Waals surface area contributed by atoms with Gasteiger partial charge in [0.2, 0.25) is 0 Å². The number of fused-ring (bicyclic) bond motifs is 1. The fraction of sp³-hybridized carbons (Fsp3) is 0.320. The Labute approximate surface area is 192 Å². The molecule has 0 spiro atoms. The van der Waals surface area contributed by atoms with Gasteiger partial charge in [0.05, 0.1) is 34.9 Å². The molecule has 33 heavy (non-hydrogen) atoms. The Morgan fingerprint density at radius 2 is 1.91 bits per heavy atom. The van der Waals surface area contributed by atoms with Crippen molar-refractivity contribution >= 4 is 28.5 Å². The maximum atomic E-state index is 12.6. The molecule has 0 saturated carbocycles. The Bertz CT molecular complexity index is 1180. The number of nitrogens with zero attached hydrogens (tertiary/aromatic N) is 1. The third-order valence-corrected chi connectivity index (χ3v) is 5.32. The zero-order valence-corrected chi connectivity index (χ0v) is 19.2. The van der Waals surface area contributed by atoms with Gasteiger partial charge in [0, 0.05) is 5.56 Å². The first-order valence-electron chi connectivity index (χ1n) is 10.8. The Hall–Kier alpha value is -3.81. The van der Waals surface area contributed by atoms with Crippen molar-refractivity contribution in [2.24, 2.45) is 5.92 Å². The van der Waals surface area contributed by atoms with Crippen LogP contribution in [0.15, 0.2) is 42.5 Å². The summed E-state index contributed by atoms with van der Waals surface area (Å²) in [6, 6.07) is 11.2. The highest BCUT2D eigenvalue weighted by Crippen LogP contribution is 2.34. The predicted octanol–water partition coefficient (Wildman–Crippen LogP) is 3.84. The number of aromatic nitrogens is 1. The molecule has 0 aliphatic heterocycles. The normalized spacial score (nSPS) is 11.9. The van der Waals surface area contributed by atoms with Crippen LogP contribution in [-0.4, -0.2) is 41.2 Å². The maximum absolute atomic E-state index is 12.6. The van der Waals surface area contributed by atoms with Crippen LogP contribution >= 0.6 is 0 Å². The maximum Gasteiger partial charge on any atom is 0.342 e. The number of amides is 1. The molecule has 1 amide bonds. The number of nitrogens with one attached hydrogen (secondary N) is 1. The molecular formula is C25H29N3O5. The van der Waals surface area contributed by atoms with Crippen molar-refractivity contribution in [2.45, 2.75) is 33.7 Å². The van der Waals surface area contributed by atoms with Crippen LogP contribution in [0.3, 0.4) is 0 Å². The fourth-order valence-electron chi connectivity index (χ4n) is 3.50. The predicted molar refractivity (Wildman–Crippen MR) is 127 cm³/mol. The molecule has 0 radical (unpaired) electrons. The zero-order chi connectivity index (χ0) is 24.1. The van der Waals surface area contributed by atoms with Crippen LogP contribution in [0.4, 0.5) is 5.69 Å². The molecule has 0 fully saturated rings. The molecule has 1 heterocycles. The number of hydrogen-bond donors (Lipinski definition) is 3. The number of ether oxygens (including phenoxy) is 2. The van der Waals surface area contributed by atoms with Crippen molar-refractivity contribution in [1.29, 1.82) is 0 Å². The van der Waals surface area contributed by atoms with E-state index in [9.17, 15) is 14.7 Å². The van der Waals surface area contributed by atoms with Crippen LogP contribution in [0, 0.1) is 12.8 Å². The molecule has 0 saturated heterocycles. The smallest absolute Gasteiger partial charge is 0.342 e. The van der Waals surface area contributed by atoms with Gasteiger partial charge in [-0.3, -0.25) is 9.78 Å². The summed E-state index contributed by atoms with van der Waals surface area (Å²) in [6.45, 7) is 7.77. The lowest BCUT2D eigenvalue weighted by Gasteiger charge is -2.23. The number of esters is 1. The van der Waals surface area contributed by atoms with Crippen LogP contribution in [0.5, 0.6) is 11.5 Å². The first-order valence-corrected chi connectivity index (χ1v) is 10.8. The van der Waals surface area contributed by atoms with Gasteiger partial charge in [0.25, 0.3) is 5.91 Å². The molecule has 8 heteroatoms. The number of pyridine rings is 1. The van der Waals surface area contributed by atoms with Gasteiger partial charge in [-0.2, -0.15) is 0 Å². The van der Waals surface area contributed by atoms with E-state index in [1.54, 1.807) is 44.2 Å². The van der Waals surface area contributed by atoms with E-state index in [1.165, 1.54) is 12.1 Å². The number of aromatic hydroxyl groups is 1. The second-order valence-corrected chi connectivity index (χ2v) is 8.04. The summed E-state index contributed by atoms with van der Waals surface area (Å²) in [7, 11) is 0. The van der Waals surface area contributed by atoms with Crippen LogP contribution in [0.1, 0.15) is 47.2 Å². The molecule has 8 nitrogen and oxygen atoms in total. The van der Waals surface area contributed by atoms with Crippen molar-refractivity contribution in [3.8, 4) is 11.5 Å². The van der Waals surface area contributed by atoms with Crippen LogP contribution in [0.2, 0.25) is 0 Å². The fourth-order valence-corrected chi connectivity index (χ4v) is 3.50. The Morgan fingerprint density at radius 1 is 1.18 bits per heavy atom. The lowest BCUT2D eigenvalue weighted by Crippen LogP contribution is -2.42. The van der Waals surface area contributed by atoms with Gasteiger partial charge in [-0.1, -0.05) is 26.0 Å². The monoisotopic (exact) mass is 451 g/mol. The van der Waals surface area contributed by atoms with Crippen molar-refractivity contribution in [3.05, 3.63) is 59.3 Å². The van der Waals surface area contributed by atoms with Crippen molar-refractivity contribution in [2.75, 3.05) is 18.9 Å². The highest BCUT2D eigenvalue weighted by Gasteiger charge is 2.22. The molecular weight excluding hydrogens is 422 g/mol. The van der Waals surface area contributed by atoms with E-state index in [2.05, 4.69) is 10.3 Å². The molecule has 0 bridgehead atoms. The van der Waals surface area contributed by atoms with Gasteiger partial charge < -0.3 is 25.6 Å². The Balaban J connectivity index is 1.87. The summed E-state index contributed by atoms with van der Waals surface area (Å²) in [5.41, 5.74) is 8.28. The first kappa shape index (κ1) is 23.8. The number of benzene rings is 2. The molecule has 2 aromatic carbocycles. The van der Waals surface area contributed by atoms with Gasteiger partial charge in [0.1, 0.15) is 23.7 Å². The number of phenolic OH excluding ortho intramolecular Hbond substituents is 1. The van der Waals surface area contributed by atoms with E-state index in [0.717, 1.165) is 0 Å². The number of anilines is 1. The quantitative estimate of drug-likeness (QED) is 0.445. The zero-order valence-electron chi connectivity index (χ0n) is 19.2. The molecule has 0 unspecified atom stereocenters. The molecule has 0 aliphatic rings. The molecule has 174 valence electrons. The molecule has 4 N–H and O–H groups in total. The van der Waals surface area contributed by atoms with E-state index >= 15 is 0 Å². The molecule has 3 rings (SSSR count). The van der Waals surface area contributed by atoms with Gasteiger partial charge in [-0.15, -0.1) is 0 Å². The standard InChI is InChI=1S/C25H29N3O5/c1-5-32-25(31)21-15(4)27-18-10-7-11-20(22(18)23(21)26)33-13-19(14(2)3)28-24(30)16-8-6-9-17(29)12-16/h6-12,14,19,29H,5,13H2,1-4H3,(H2,26,27)(H,28,30)/t19-/m1/s1. The molecule has 1 aromatic heterocycles. The summed E-state index contributed by atoms with van der Waals surface area (Å²) < 4.78 is 11.2. The van der Waals surface area contributed by atoms with Crippen LogP contribution in [-0.2, 0) is 4.74 Å². The van der Waals surface area contributed by atoms with E-state index in [0.29, 0.717) is 27.9 Å². The minimum atomic E-state index is -0.532. The van der Waals surface area contributed by atoms with E-state index in [4.69, 9.17) is 15.2 Å². The second kappa shape index (κ2) is 10.2. The summed E-state index contributed by atoms with van der Waals surface area (Å²) in [4.78, 5) is 29.6. The van der Waals surface area contributed by atoms with E-state index < -0.39 is 5.97 Å². The van der Waals surface area contributed by atoms with Crippen molar-refractivity contribution < 1.29 is 24.2 Å². The van der Waals surface area contributed by atoms with E-state index in [1.807, 2.05) is 13.8 Å². The first-order chi connectivity index (χ1) is 15.7. The largest absolute Gasteiger partial charge is 0.508 e. The summed E-state index contributed by atoms with van der Waals surface area (Å²) in [5.74, 6) is -0.302. The average molecular weight is 452 g/mol. The van der Waals surface area contributed by atoms with Crippen molar-refractivity contribution in [3.63, 3.8) is 0 Å². The van der Waals surface area contributed by atoms with E-state index in [-0.39, 0.29) is 48.1 Å². The highest BCUT2D eigenvalue weighted by molar-refractivity contribution is 6.07. The number of carbonyl (C=O) groups is 2. The topological polar surface area (TPSA) is 124 Å². The van der Waals surface area contributed by atoms with Gasteiger partial charge in [-0.05, 0) is 50.1 Å². The van der Waals surface area contributed by atoms with Crippen molar-refractivity contribution in [1.82, 2.24) is 10.3 Å². The molecule has 3 aromatic rings. The third kappa shape index (κ3) is 5.34. The Morgan fingerprint density at radius 3 is 2.58 bits per heavy atom.